The van der Waals surface area contributed by atoms with E-state index >= 15 is 0 Å². The van der Waals surface area contributed by atoms with Crippen molar-refractivity contribution in [2.45, 2.75) is 39.2 Å². The number of aromatic hydroxyl groups is 3. The highest BCUT2D eigenvalue weighted by atomic mass is 32.2. The maximum absolute atomic E-state index is 13.2. The number of hydrogen-bond donors (Lipinski definition) is 10. The van der Waals surface area contributed by atoms with Gasteiger partial charge in [-0.3, -0.25) is 13.7 Å². The maximum atomic E-state index is 13.2. The fourth-order valence-corrected chi connectivity index (χ4v) is 12.5. The first-order valence-electron chi connectivity index (χ1n) is 22.3. The topological polar surface area (TPSA) is 517 Å². The Balaban J connectivity index is 1.26. The molecular formula is C44H33N9O25S8. The van der Waals surface area contributed by atoms with Crippen LogP contribution >= 0.6 is 48.2 Å². The zero-order valence-corrected chi connectivity index (χ0v) is 48.7. The highest BCUT2D eigenvalue weighted by molar-refractivity contribution is 7.95. The van der Waals surface area contributed by atoms with Crippen LogP contribution in [0, 0.1) is 0 Å². The molecule has 0 radical (unpaired) electrons. The standard InChI is InChI=1S/C44H33N9O25S8/c1-71-75-79-21-7-3-19(4-8-21)46-51-37-32(81-77-73-58)15-25-23(40(37)54)11-14-29(43(25)85(65,66)67)49-52-38-33(82-78-74-59)16-27-31(80-76-72-57)18-30(36(45)35(27)42(38)56)50-48-28-13-12-24-26(44(28)86(68,69)70)17-34(84(62,63)64)39(41(24)55)53-47-20-5-9-22(10-6-20)83(2,60)61/h3-18,54-59H,45H2,1-2H3,(H,62,63,64)(H,65,66,67)(H,68,69,70). The molecule has 0 unspecified atom stereocenters. The first kappa shape index (κ1) is 64.8. The lowest BCUT2D eigenvalue weighted by atomic mass is 10.0. The summed E-state index contributed by atoms with van der Waals surface area (Å²) in [6.45, 7) is 0. The van der Waals surface area contributed by atoms with Crippen LogP contribution in [0.1, 0.15) is 0 Å². The second-order valence-corrected chi connectivity index (χ2v) is 25.6. The summed E-state index contributed by atoms with van der Waals surface area (Å²) < 4.78 is 152. The molecule has 34 nitrogen and oxygen atoms in total. The van der Waals surface area contributed by atoms with Crippen molar-refractivity contribution < 1.29 is 116 Å². The molecule has 11 N–H and O–H groups in total. The molecule has 0 heterocycles. The minimum absolute atomic E-state index is 0.0722. The van der Waals surface area contributed by atoms with Crippen molar-refractivity contribution in [2.75, 3.05) is 19.1 Å². The van der Waals surface area contributed by atoms with Crippen LogP contribution in [0.2, 0.25) is 0 Å². The second kappa shape index (κ2) is 26.8. The molecule has 452 valence electrons. The zero-order valence-electron chi connectivity index (χ0n) is 42.2. The fourth-order valence-electron chi connectivity index (χ4n) is 7.72. The Hall–Kier alpha value is -7.22. The minimum atomic E-state index is -5.55. The Morgan fingerprint density at radius 2 is 0.884 bits per heavy atom. The molecule has 0 spiro atoms. The summed E-state index contributed by atoms with van der Waals surface area (Å²) in [5.41, 5.74) is 2.15. The van der Waals surface area contributed by atoms with Gasteiger partial charge >= 0.3 is 0 Å². The normalized spacial score (nSPS) is 12.9. The Morgan fingerprint density at radius 1 is 0.442 bits per heavy atom. The van der Waals surface area contributed by atoms with Gasteiger partial charge in [0.05, 0.1) is 92.4 Å². The van der Waals surface area contributed by atoms with E-state index in [0.717, 1.165) is 72.9 Å². The summed E-state index contributed by atoms with van der Waals surface area (Å²) in [6, 6.07) is 18.4. The summed E-state index contributed by atoms with van der Waals surface area (Å²) in [5, 5.41) is 102. The highest BCUT2D eigenvalue weighted by Crippen LogP contribution is 2.53. The molecule has 0 aromatic heterocycles. The number of azo groups is 4. The number of fused-ring (bicyclic) bond motifs is 3. The van der Waals surface area contributed by atoms with Crippen LogP contribution in [-0.4, -0.2) is 91.8 Å². The molecule has 0 amide bonds. The molecule has 8 aromatic carbocycles. The minimum Gasteiger partial charge on any atom is -0.505 e. The van der Waals surface area contributed by atoms with E-state index in [9.17, 15) is 62.6 Å². The van der Waals surface area contributed by atoms with Gasteiger partial charge in [0.1, 0.15) is 48.8 Å². The quantitative estimate of drug-likeness (QED) is 0.00671. The third kappa shape index (κ3) is 14.4. The monoisotopic (exact) mass is 1340 g/mol. The Kier molecular flexibility index (Phi) is 20.2. The number of sulfone groups is 1. The molecule has 8 aromatic rings. The number of benzene rings is 8. The van der Waals surface area contributed by atoms with Gasteiger partial charge in [0, 0.05) is 43.0 Å². The second-order valence-electron chi connectivity index (χ2n) is 16.4. The summed E-state index contributed by atoms with van der Waals surface area (Å²) in [6.07, 6.45) is 0.938. The highest BCUT2D eigenvalue weighted by Gasteiger charge is 2.30. The first-order chi connectivity index (χ1) is 40.7. The van der Waals surface area contributed by atoms with Gasteiger partial charge < -0.3 is 21.1 Å². The molecular weight excluding hydrogens is 1310 g/mol. The molecule has 0 saturated carbocycles. The number of hydrogen-bond acceptors (Lipinski definition) is 35. The van der Waals surface area contributed by atoms with E-state index < -0.39 is 128 Å². The van der Waals surface area contributed by atoms with Crippen LogP contribution in [0.15, 0.2) is 177 Å². The van der Waals surface area contributed by atoms with Gasteiger partial charge in [-0.05, 0) is 97.1 Å². The van der Waals surface area contributed by atoms with Crippen molar-refractivity contribution in [3.8, 4) is 17.2 Å². The summed E-state index contributed by atoms with van der Waals surface area (Å²) in [7, 11) is -18.7. The molecule has 0 atom stereocenters. The van der Waals surface area contributed by atoms with Crippen molar-refractivity contribution in [1.82, 2.24) is 0 Å². The number of anilines is 1. The number of nitrogens with two attached hydrogens (primary N) is 1. The summed E-state index contributed by atoms with van der Waals surface area (Å²) >= 11 is 1.45. The molecule has 0 bridgehead atoms. The first-order valence-corrected chi connectivity index (χ1v) is 31.5. The third-order valence-electron chi connectivity index (χ3n) is 11.3. The van der Waals surface area contributed by atoms with E-state index in [1.54, 1.807) is 12.1 Å². The predicted octanol–water partition coefficient (Wildman–Crippen LogP) is 12.5. The van der Waals surface area contributed by atoms with Gasteiger partial charge in [0.25, 0.3) is 30.4 Å². The smallest absolute Gasteiger partial charge is 0.297 e. The lowest BCUT2D eigenvalue weighted by Gasteiger charge is -2.15. The van der Waals surface area contributed by atoms with E-state index in [2.05, 4.69) is 73.9 Å². The average Bonchev–Trinajstić information content (AvgIpc) is 1.45. The lowest BCUT2D eigenvalue weighted by molar-refractivity contribution is -0.432. The number of nitrogens with zero attached hydrogens (tertiary/aromatic N) is 8. The van der Waals surface area contributed by atoms with Crippen LogP contribution in [0.5, 0.6) is 17.2 Å². The molecule has 42 heteroatoms. The van der Waals surface area contributed by atoms with E-state index in [4.69, 9.17) is 25.8 Å². The van der Waals surface area contributed by atoms with Gasteiger partial charge in [-0.15, -0.1) is 43.7 Å². The van der Waals surface area contributed by atoms with E-state index in [-0.39, 0.29) is 83.5 Å². The number of rotatable bonds is 24. The number of phenols is 3. The lowest BCUT2D eigenvalue weighted by Crippen LogP contribution is -2.03. The average molecular weight is 1340 g/mol. The summed E-state index contributed by atoms with van der Waals surface area (Å²) in [5.74, 6) is -2.85. The Bertz CT molecular complexity index is 4590. The Labute approximate surface area is 498 Å². The predicted molar refractivity (Wildman–Crippen MR) is 299 cm³/mol. The van der Waals surface area contributed by atoms with Crippen molar-refractivity contribution in [3.05, 3.63) is 97.1 Å². The number of nitrogen functional groups attached to an aromatic ring is 1. The molecule has 0 aliphatic carbocycles. The van der Waals surface area contributed by atoms with Crippen LogP contribution in [-0.2, 0) is 77.5 Å². The molecule has 8 rings (SSSR count). The van der Waals surface area contributed by atoms with Crippen molar-refractivity contribution in [1.29, 1.82) is 0 Å². The van der Waals surface area contributed by atoms with Crippen LogP contribution in [0.4, 0.5) is 51.2 Å². The maximum Gasteiger partial charge on any atom is 0.297 e. The van der Waals surface area contributed by atoms with Gasteiger partial charge in [-0.2, -0.15) is 39.8 Å². The molecule has 86 heavy (non-hydrogen) atoms. The molecule has 0 fully saturated rings. The van der Waals surface area contributed by atoms with Gasteiger partial charge in [-0.25, -0.2) is 29.1 Å². The van der Waals surface area contributed by atoms with E-state index in [1.807, 2.05) is 0 Å². The fraction of sp³-hybridized carbons (Fsp3) is 0.0455. The van der Waals surface area contributed by atoms with Crippen LogP contribution in [0.3, 0.4) is 0 Å². The number of phenolic OH excluding ortho intramolecular Hbond substituents is 3. The van der Waals surface area contributed by atoms with Crippen molar-refractivity contribution in [3.63, 3.8) is 0 Å². The van der Waals surface area contributed by atoms with E-state index in [1.165, 1.54) is 31.4 Å². The van der Waals surface area contributed by atoms with Gasteiger partial charge in [0.2, 0.25) is 0 Å². The largest absolute Gasteiger partial charge is 0.505 e. The summed E-state index contributed by atoms with van der Waals surface area (Å²) in [4.78, 5) is 0.712. The van der Waals surface area contributed by atoms with Gasteiger partial charge in [-0.1, -0.05) is 15.1 Å². The Morgan fingerprint density at radius 3 is 1.38 bits per heavy atom. The van der Waals surface area contributed by atoms with Crippen LogP contribution in [0.25, 0.3) is 32.3 Å². The van der Waals surface area contributed by atoms with E-state index in [0.29, 0.717) is 11.0 Å². The van der Waals surface area contributed by atoms with Crippen molar-refractivity contribution >= 4 is 172 Å². The third-order valence-corrected chi connectivity index (χ3v) is 17.7. The van der Waals surface area contributed by atoms with Gasteiger partial charge in [0.15, 0.2) is 27.1 Å². The van der Waals surface area contributed by atoms with Crippen LogP contribution < -0.4 is 5.73 Å². The zero-order chi connectivity index (χ0) is 62.5. The van der Waals surface area contributed by atoms with Crippen molar-refractivity contribution in [2.24, 2.45) is 40.9 Å². The molecule has 0 aliphatic rings. The molecule has 0 saturated heterocycles. The molecule has 0 aliphatic heterocycles. The SMILES string of the molecule is COOSc1ccc(N=Nc2c(SOOO)cc3c(S(=O)(=O)O)c(N=Nc4c(SOOO)cc5c(SOOO)cc(N=Nc6ccc7c(O)c(N=Nc8ccc(S(C)(=O)=O)cc8)c(S(=O)(=O)O)cc7c6S(=O)(=O)O)c(N)c5c4O)ccc3c2O)cc1.